The van der Waals surface area contributed by atoms with E-state index in [-0.39, 0.29) is 5.91 Å². The van der Waals surface area contributed by atoms with Crippen LogP contribution in [-0.2, 0) is 4.79 Å². The second-order valence-electron chi connectivity index (χ2n) is 5.65. The summed E-state index contributed by atoms with van der Waals surface area (Å²) in [6.07, 6.45) is 3.27. The lowest BCUT2D eigenvalue weighted by Gasteiger charge is -2.27. The molecular weight excluding hydrogens is 340 g/mol. The average Bonchev–Trinajstić information content (AvgIpc) is 3.26. The summed E-state index contributed by atoms with van der Waals surface area (Å²) in [5.41, 5.74) is 2.66. The van der Waals surface area contributed by atoms with Crippen molar-refractivity contribution in [3.05, 3.63) is 70.9 Å². The second kappa shape index (κ2) is 6.10. The molecule has 0 aliphatic carbocycles. The Labute approximate surface area is 148 Å². The molecule has 1 atom stereocenters. The van der Waals surface area contributed by atoms with Gasteiger partial charge in [0.25, 0.3) is 5.91 Å². The van der Waals surface area contributed by atoms with Crippen LogP contribution in [0.4, 0.5) is 11.6 Å². The van der Waals surface area contributed by atoms with Gasteiger partial charge in [-0.3, -0.25) is 4.79 Å². The lowest BCUT2D eigenvalue weighted by molar-refractivity contribution is -0.113. The molecule has 25 heavy (non-hydrogen) atoms. The topological polar surface area (TPSA) is 87.6 Å². The maximum atomic E-state index is 13.0. The minimum atomic E-state index is -0.406. The van der Waals surface area contributed by atoms with Gasteiger partial charge in [0, 0.05) is 17.6 Å². The Bertz CT molecular complexity index is 959. The van der Waals surface area contributed by atoms with E-state index in [9.17, 15) is 4.79 Å². The Hall–Kier alpha value is -3.06. The molecule has 3 heterocycles. The van der Waals surface area contributed by atoms with Crippen LogP contribution in [0.5, 0.6) is 0 Å². The molecule has 0 saturated carbocycles. The average molecular weight is 355 g/mol. The largest absolute Gasteiger partial charge is 0.363 e. The van der Waals surface area contributed by atoms with Crippen molar-refractivity contribution in [1.29, 1.82) is 0 Å². The number of aromatic amines is 1. The Balaban J connectivity index is 1.76. The Morgan fingerprint density at radius 2 is 2.12 bits per heavy atom. The number of aromatic nitrogens is 4. The highest BCUT2D eigenvalue weighted by atomic mass is 35.5. The molecule has 8 heteroatoms. The van der Waals surface area contributed by atoms with E-state index < -0.39 is 6.04 Å². The zero-order valence-electron chi connectivity index (χ0n) is 13.3. The van der Waals surface area contributed by atoms with Crippen LogP contribution in [0.1, 0.15) is 18.7 Å². The van der Waals surface area contributed by atoms with Crippen LogP contribution in [0.25, 0.3) is 0 Å². The molecular formula is C17H15ClN6O. The molecule has 2 aromatic heterocycles. The molecule has 7 nitrogen and oxygen atoms in total. The number of nitrogens with zero attached hydrogens (tertiary/aromatic N) is 3. The highest BCUT2D eigenvalue weighted by Crippen LogP contribution is 2.34. The number of benzene rings is 1. The van der Waals surface area contributed by atoms with Crippen molar-refractivity contribution in [2.75, 3.05) is 10.6 Å². The van der Waals surface area contributed by atoms with Crippen LogP contribution in [0.2, 0.25) is 5.02 Å². The first-order valence-corrected chi connectivity index (χ1v) is 8.09. The van der Waals surface area contributed by atoms with Gasteiger partial charge in [-0.05, 0) is 31.2 Å². The molecule has 3 N–H and O–H groups in total. The molecule has 1 aromatic carbocycles. The molecule has 0 radical (unpaired) electrons. The van der Waals surface area contributed by atoms with Gasteiger partial charge in [-0.15, -0.1) is 0 Å². The third-order valence-corrected chi connectivity index (χ3v) is 4.41. The van der Waals surface area contributed by atoms with Crippen LogP contribution >= 0.6 is 11.6 Å². The number of carbonyl (C=O) groups excluding carboxylic acids is 1. The van der Waals surface area contributed by atoms with Gasteiger partial charge in [-0.25, -0.2) is 4.68 Å². The van der Waals surface area contributed by atoms with Crippen molar-refractivity contribution in [3.63, 3.8) is 0 Å². The molecule has 3 aromatic rings. The summed E-state index contributed by atoms with van der Waals surface area (Å²) in [5, 5.41) is 10.8. The Kier molecular flexibility index (Phi) is 3.77. The third-order valence-electron chi connectivity index (χ3n) is 4.08. The maximum absolute atomic E-state index is 13.0. The number of allylic oxidation sites excluding steroid dienone is 1. The summed E-state index contributed by atoms with van der Waals surface area (Å²) in [7, 11) is 0. The number of nitrogens with one attached hydrogen (secondary N) is 3. The molecule has 0 bridgehead atoms. The van der Waals surface area contributed by atoms with E-state index in [1.807, 2.05) is 37.4 Å². The highest BCUT2D eigenvalue weighted by molar-refractivity contribution is 6.33. The zero-order chi connectivity index (χ0) is 17.4. The van der Waals surface area contributed by atoms with Crippen LogP contribution in [0, 0.1) is 0 Å². The summed E-state index contributed by atoms with van der Waals surface area (Å²) < 4.78 is 1.68. The number of anilines is 2. The zero-order valence-corrected chi connectivity index (χ0v) is 14.1. The first-order valence-electron chi connectivity index (χ1n) is 7.71. The Morgan fingerprint density at radius 3 is 2.88 bits per heavy atom. The van der Waals surface area contributed by atoms with E-state index in [0.29, 0.717) is 27.9 Å². The molecule has 126 valence electrons. The van der Waals surface area contributed by atoms with Gasteiger partial charge < -0.3 is 15.6 Å². The predicted octanol–water partition coefficient (Wildman–Crippen LogP) is 3.19. The summed E-state index contributed by atoms with van der Waals surface area (Å²) >= 11 is 6.16. The van der Waals surface area contributed by atoms with E-state index >= 15 is 0 Å². The number of para-hydroxylation sites is 1. The van der Waals surface area contributed by atoms with E-state index in [0.717, 1.165) is 5.69 Å². The van der Waals surface area contributed by atoms with Gasteiger partial charge in [-0.2, -0.15) is 10.1 Å². The van der Waals surface area contributed by atoms with Crippen molar-refractivity contribution >= 4 is 29.1 Å². The maximum Gasteiger partial charge on any atom is 0.255 e. The predicted molar refractivity (Wildman–Crippen MR) is 95.4 cm³/mol. The fourth-order valence-electron chi connectivity index (χ4n) is 2.94. The Morgan fingerprint density at radius 1 is 1.28 bits per heavy atom. The summed E-state index contributed by atoms with van der Waals surface area (Å²) in [6.45, 7) is 1.84. The van der Waals surface area contributed by atoms with E-state index in [2.05, 4.69) is 25.7 Å². The van der Waals surface area contributed by atoms with Gasteiger partial charge in [0.15, 0.2) is 0 Å². The molecule has 0 fully saturated rings. The van der Waals surface area contributed by atoms with Gasteiger partial charge in [-0.1, -0.05) is 23.7 Å². The van der Waals surface area contributed by atoms with Gasteiger partial charge in [0.05, 0.1) is 16.3 Å². The van der Waals surface area contributed by atoms with Crippen molar-refractivity contribution < 1.29 is 4.79 Å². The third kappa shape index (κ3) is 2.68. The lowest BCUT2D eigenvalue weighted by Crippen LogP contribution is -2.31. The normalized spacial score (nSPS) is 16.3. The lowest BCUT2D eigenvalue weighted by atomic mass is 9.99. The molecule has 4 rings (SSSR count). The number of carbonyl (C=O) groups is 1. The standard InChI is InChI=1S/C17H15ClN6O/c1-10-14(16(25)23-12-6-3-2-5-11(12)18)15(13-7-4-8-19-13)24-17(22-10)20-9-21-24/h2-9,15,19H,1H3,(H,23,25)(H,20,21,22). The summed E-state index contributed by atoms with van der Waals surface area (Å²) in [6, 6.07) is 10.5. The number of fused-ring (bicyclic) bond motifs is 1. The fourth-order valence-corrected chi connectivity index (χ4v) is 3.12. The van der Waals surface area contributed by atoms with Crippen molar-refractivity contribution in [2.45, 2.75) is 13.0 Å². The van der Waals surface area contributed by atoms with Crippen molar-refractivity contribution in [2.24, 2.45) is 0 Å². The number of hydrogen-bond acceptors (Lipinski definition) is 4. The molecule has 0 saturated heterocycles. The van der Waals surface area contributed by atoms with Gasteiger partial charge in [0.1, 0.15) is 12.4 Å². The monoisotopic (exact) mass is 354 g/mol. The second-order valence-corrected chi connectivity index (χ2v) is 6.06. The molecule has 1 amide bonds. The molecule has 1 unspecified atom stereocenters. The molecule has 1 aliphatic rings. The van der Waals surface area contributed by atoms with E-state index in [1.165, 1.54) is 6.33 Å². The van der Waals surface area contributed by atoms with Crippen LogP contribution < -0.4 is 10.6 Å². The summed E-state index contributed by atoms with van der Waals surface area (Å²) in [4.78, 5) is 20.4. The minimum absolute atomic E-state index is 0.251. The number of amides is 1. The number of rotatable bonds is 3. The van der Waals surface area contributed by atoms with Crippen molar-refractivity contribution in [1.82, 2.24) is 19.7 Å². The highest BCUT2D eigenvalue weighted by Gasteiger charge is 2.34. The molecule has 1 aliphatic heterocycles. The van der Waals surface area contributed by atoms with Crippen LogP contribution in [-0.4, -0.2) is 25.7 Å². The fraction of sp³-hybridized carbons (Fsp3) is 0.118. The molecule has 0 spiro atoms. The van der Waals surface area contributed by atoms with E-state index in [4.69, 9.17) is 11.6 Å². The minimum Gasteiger partial charge on any atom is -0.363 e. The van der Waals surface area contributed by atoms with Crippen molar-refractivity contribution in [3.8, 4) is 0 Å². The first kappa shape index (κ1) is 15.5. The van der Waals surface area contributed by atoms with Gasteiger partial charge >= 0.3 is 0 Å². The SMILES string of the molecule is CC1=C(C(=O)Nc2ccccc2Cl)C(c2ccc[nH]2)n2ncnc2N1. The number of halogens is 1. The smallest absolute Gasteiger partial charge is 0.255 e. The summed E-state index contributed by atoms with van der Waals surface area (Å²) in [5.74, 6) is 0.338. The number of hydrogen-bond donors (Lipinski definition) is 3. The van der Waals surface area contributed by atoms with E-state index in [1.54, 1.807) is 16.8 Å². The van der Waals surface area contributed by atoms with Crippen LogP contribution in [0.15, 0.2) is 60.2 Å². The van der Waals surface area contributed by atoms with Crippen LogP contribution in [0.3, 0.4) is 0 Å². The van der Waals surface area contributed by atoms with Gasteiger partial charge in [0.2, 0.25) is 5.95 Å². The first-order chi connectivity index (χ1) is 12.1. The number of H-pyrrole nitrogens is 1. The quantitative estimate of drug-likeness (QED) is 0.674.